The maximum Gasteiger partial charge on any atom is 0.341 e. The Balaban J connectivity index is 0.00000240. The second-order valence-electron chi connectivity index (χ2n) is 7.62. The van der Waals surface area contributed by atoms with Crippen molar-refractivity contribution in [1.29, 1.82) is 0 Å². The minimum absolute atomic E-state index is 0. The molecule has 0 bridgehead atoms. The predicted octanol–water partition coefficient (Wildman–Crippen LogP) is 2.50. The topological polar surface area (TPSA) is 101 Å². The summed E-state index contributed by atoms with van der Waals surface area (Å²) in [6.07, 6.45) is 4.04. The van der Waals surface area contributed by atoms with Crippen molar-refractivity contribution in [2.75, 3.05) is 24.7 Å². The summed E-state index contributed by atoms with van der Waals surface area (Å²) >= 11 is 0. The monoisotopic (exact) mass is 428 g/mol. The van der Waals surface area contributed by atoms with Crippen LogP contribution in [0.3, 0.4) is 0 Å². The summed E-state index contributed by atoms with van der Waals surface area (Å²) in [6.45, 7) is 0.413. The standard InChI is InChI=1S/C19H22F2N4O3.ClH/c20-5-3-10-4-6-24(9-15(10)22)18-14(21)7-12-16(26)13(19(27)28)8-25(11-1-2-11)17(12)23-18;/h7-8,10-11,15H,1-6,9,22H2,(H,27,28);1H/t10-,15-;/m1./s1. The first kappa shape index (κ1) is 21.4. The van der Waals surface area contributed by atoms with E-state index in [0.29, 0.717) is 25.9 Å². The number of carboxylic acid groups (broad SMARTS) is 1. The Kier molecular flexibility index (Phi) is 6.09. The molecule has 0 spiro atoms. The molecule has 1 saturated heterocycles. The summed E-state index contributed by atoms with van der Waals surface area (Å²) in [5.74, 6) is -1.89. The second kappa shape index (κ2) is 8.23. The van der Waals surface area contributed by atoms with Crippen LogP contribution in [0.1, 0.15) is 42.1 Å². The van der Waals surface area contributed by atoms with E-state index in [-0.39, 0.29) is 52.8 Å². The molecule has 0 radical (unpaired) electrons. The van der Waals surface area contributed by atoms with Crippen LogP contribution in [0, 0.1) is 11.7 Å². The van der Waals surface area contributed by atoms with Crippen molar-refractivity contribution in [3.05, 3.63) is 33.9 Å². The number of nitrogens with zero attached hydrogens (tertiary/aromatic N) is 3. The Hall–Kier alpha value is -2.26. The van der Waals surface area contributed by atoms with Crippen LogP contribution in [0.5, 0.6) is 0 Å². The summed E-state index contributed by atoms with van der Waals surface area (Å²) in [5.41, 5.74) is 5.30. The van der Waals surface area contributed by atoms with E-state index in [1.165, 1.54) is 6.20 Å². The van der Waals surface area contributed by atoms with Crippen LogP contribution >= 0.6 is 12.4 Å². The van der Waals surface area contributed by atoms with Gasteiger partial charge >= 0.3 is 5.97 Å². The smallest absolute Gasteiger partial charge is 0.341 e. The summed E-state index contributed by atoms with van der Waals surface area (Å²) < 4.78 is 29.1. The zero-order valence-corrected chi connectivity index (χ0v) is 16.5. The lowest BCUT2D eigenvalue weighted by Crippen LogP contribution is -2.49. The number of piperidine rings is 1. The number of fused-ring (bicyclic) bond motifs is 1. The molecule has 2 fully saturated rings. The maximum absolute atomic E-state index is 14.8. The van der Waals surface area contributed by atoms with Crippen LogP contribution in [-0.4, -0.2) is 46.4 Å². The molecule has 0 amide bonds. The molecule has 3 heterocycles. The van der Waals surface area contributed by atoms with E-state index in [1.54, 1.807) is 9.47 Å². The summed E-state index contributed by atoms with van der Waals surface area (Å²) in [5, 5.41) is 9.26. The van der Waals surface area contributed by atoms with Gasteiger partial charge in [-0.25, -0.2) is 14.2 Å². The first-order valence-electron chi connectivity index (χ1n) is 9.46. The number of rotatable bonds is 5. The van der Waals surface area contributed by atoms with Crippen molar-refractivity contribution in [3.63, 3.8) is 0 Å². The lowest BCUT2D eigenvalue weighted by Gasteiger charge is -2.37. The van der Waals surface area contributed by atoms with Gasteiger partial charge in [0.15, 0.2) is 11.6 Å². The summed E-state index contributed by atoms with van der Waals surface area (Å²) in [4.78, 5) is 30.0. The molecule has 2 aromatic rings. The van der Waals surface area contributed by atoms with Gasteiger partial charge < -0.3 is 20.3 Å². The number of anilines is 1. The third-order valence-electron chi connectivity index (χ3n) is 5.70. The molecule has 2 aromatic heterocycles. The van der Waals surface area contributed by atoms with Crippen molar-refractivity contribution in [2.45, 2.75) is 37.8 Å². The normalized spacial score (nSPS) is 21.8. The van der Waals surface area contributed by atoms with Gasteiger partial charge in [-0.3, -0.25) is 9.18 Å². The van der Waals surface area contributed by atoms with Gasteiger partial charge in [-0.05, 0) is 37.7 Å². The van der Waals surface area contributed by atoms with E-state index in [1.807, 2.05) is 0 Å². The Morgan fingerprint density at radius 3 is 2.66 bits per heavy atom. The maximum atomic E-state index is 14.8. The Bertz CT molecular complexity index is 996. The highest BCUT2D eigenvalue weighted by Gasteiger charge is 2.31. The fourth-order valence-corrected chi connectivity index (χ4v) is 3.96. The fourth-order valence-electron chi connectivity index (χ4n) is 3.96. The number of hydrogen-bond donors (Lipinski definition) is 2. The first-order valence-corrected chi connectivity index (χ1v) is 9.46. The van der Waals surface area contributed by atoms with Gasteiger partial charge in [0.2, 0.25) is 5.43 Å². The average Bonchev–Trinajstić information content (AvgIpc) is 3.49. The number of nitrogens with two attached hydrogens (primary N) is 1. The number of carboxylic acids is 1. The highest BCUT2D eigenvalue weighted by Crippen LogP contribution is 2.37. The Morgan fingerprint density at radius 2 is 2.07 bits per heavy atom. The molecule has 2 aliphatic rings. The molecule has 1 aliphatic heterocycles. The van der Waals surface area contributed by atoms with E-state index >= 15 is 0 Å². The average molecular weight is 429 g/mol. The van der Waals surface area contributed by atoms with Crippen molar-refractivity contribution >= 4 is 35.2 Å². The molecule has 10 heteroatoms. The Morgan fingerprint density at radius 1 is 1.34 bits per heavy atom. The molecule has 29 heavy (non-hydrogen) atoms. The minimum Gasteiger partial charge on any atom is -0.477 e. The van der Waals surface area contributed by atoms with E-state index in [0.717, 1.165) is 18.9 Å². The molecule has 0 aromatic carbocycles. The van der Waals surface area contributed by atoms with Crippen LogP contribution < -0.4 is 16.1 Å². The molecular formula is C19H23ClF2N4O3. The van der Waals surface area contributed by atoms with Crippen LogP contribution in [0.4, 0.5) is 14.6 Å². The van der Waals surface area contributed by atoms with Gasteiger partial charge in [0, 0.05) is 31.4 Å². The first-order chi connectivity index (χ1) is 13.4. The zero-order chi connectivity index (χ0) is 20.0. The van der Waals surface area contributed by atoms with E-state index in [2.05, 4.69) is 4.98 Å². The summed E-state index contributed by atoms with van der Waals surface area (Å²) in [7, 11) is 0. The predicted molar refractivity (Wildman–Crippen MR) is 107 cm³/mol. The number of pyridine rings is 2. The molecule has 1 saturated carbocycles. The van der Waals surface area contributed by atoms with Gasteiger partial charge in [-0.2, -0.15) is 0 Å². The van der Waals surface area contributed by atoms with Crippen LogP contribution in [0.15, 0.2) is 17.1 Å². The number of aromatic carboxylic acids is 1. The second-order valence-corrected chi connectivity index (χ2v) is 7.62. The van der Waals surface area contributed by atoms with Gasteiger partial charge in [0.1, 0.15) is 11.2 Å². The van der Waals surface area contributed by atoms with Crippen molar-refractivity contribution in [2.24, 2.45) is 11.7 Å². The molecule has 158 valence electrons. The number of carbonyl (C=O) groups is 1. The Labute approximate surface area is 171 Å². The number of alkyl halides is 1. The fraction of sp³-hybridized carbons (Fsp3) is 0.526. The number of aromatic nitrogens is 2. The summed E-state index contributed by atoms with van der Waals surface area (Å²) in [6, 6.07) is 0.843. The van der Waals surface area contributed by atoms with Crippen LogP contribution in [0.2, 0.25) is 0 Å². The van der Waals surface area contributed by atoms with Gasteiger partial charge in [0.25, 0.3) is 0 Å². The molecule has 0 unspecified atom stereocenters. The third kappa shape index (κ3) is 3.93. The van der Waals surface area contributed by atoms with Crippen LogP contribution in [-0.2, 0) is 0 Å². The SMILES string of the molecule is Cl.N[C@@H]1CN(c2nc3c(cc2F)c(=O)c(C(=O)O)cn3C2CC2)CC[C@H]1CCF. The van der Waals surface area contributed by atoms with Gasteiger partial charge in [0.05, 0.1) is 12.1 Å². The number of halogens is 3. The lowest BCUT2D eigenvalue weighted by atomic mass is 9.90. The lowest BCUT2D eigenvalue weighted by molar-refractivity contribution is 0.0695. The molecule has 1 aliphatic carbocycles. The third-order valence-corrected chi connectivity index (χ3v) is 5.70. The highest BCUT2D eigenvalue weighted by atomic mass is 35.5. The van der Waals surface area contributed by atoms with Crippen molar-refractivity contribution < 1.29 is 18.7 Å². The van der Waals surface area contributed by atoms with Crippen molar-refractivity contribution in [3.8, 4) is 0 Å². The highest BCUT2D eigenvalue weighted by molar-refractivity contribution is 5.92. The molecule has 3 N–H and O–H groups in total. The van der Waals surface area contributed by atoms with Gasteiger partial charge in [-0.15, -0.1) is 12.4 Å². The van der Waals surface area contributed by atoms with Crippen molar-refractivity contribution in [1.82, 2.24) is 9.55 Å². The molecule has 4 rings (SSSR count). The van der Waals surface area contributed by atoms with Gasteiger partial charge in [-0.1, -0.05) is 0 Å². The molecular weight excluding hydrogens is 406 g/mol. The van der Waals surface area contributed by atoms with E-state index in [4.69, 9.17) is 5.73 Å². The van der Waals surface area contributed by atoms with Crippen LogP contribution in [0.25, 0.3) is 11.0 Å². The largest absolute Gasteiger partial charge is 0.477 e. The zero-order valence-electron chi connectivity index (χ0n) is 15.7. The molecule has 2 atom stereocenters. The molecule has 7 nitrogen and oxygen atoms in total. The number of hydrogen-bond acceptors (Lipinski definition) is 5. The van der Waals surface area contributed by atoms with E-state index in [9.17, 15) is 23.5 Å². The quantitative estimate of drug-likeness (QED) is 0.758. The van der Waals surface area contributed by atoms with E-state index < -0.39 is 23.9 Å². The minimum atomic E-state index is -1.34.